The molecule has 0 fully saturated rings. The van der Waals surface area contributed by atoms with Gasteiger partial charge in [-0.2, -0.15) is 0 Å². The molecule has 0 aliphatic heterocycles. The summed E-state index contributed by atoms with van der Waals surface area (Å²) < 4.78 is 1.99. The predicted octanol–water partition coefficient (Wildman–Crippen LogP) is 2.55. The second kappa shape index (κ2) is 3.55. The van der Waals surface area contributed by atoms with Gasteiger partial charge < -0.3 is 5.73 Å². The molecule has 0 bridgehead atoms. The summed E-state index contributed by atoms with van der Waals surface area (Å²) in [6.07, 6.45) is 0. The fourth-order valence-corrected chi connectivity index (χ4v) is 2.48. The molecule has 1 aromatic heterocycles. The number of benzene rings is 1. The van der Waals surface area contributed by atoms with Gasteiger partial charge in [0.05, 0.1) is 10.2 Å². The molecule has 2 amide bonds. The van der Waals surface area contributed by atoms with Crippen LogP contribution in [0.3, 0.4) is 0 Å². The van der Waals surface area contributed by atoms with Crippen LogP contribution in [-0.4, -0.2) is 11.0 Å². The number of carbonyl (C=O) groups excluding carboxylic acids is 1. The van der Waals surface area contributed by atoms with Crippen LogP contribution in [0, 0.1) is 0 Å². The number of rotatable bonds is 1. The monoisotopic (exact) mass is 271 g/mol. The molecule has 3 N–H and O–H groups in total. The first-order valence-corrected chi connectivity index (χ1v) is 5.38. The Bertz CT molecular complexity index is 496. The molecule has 0 aliphatic carbocycles. The zero-order valence-corrected chi connectivity index (χ0v) is 9.35. The van der Waals surface area contributed by atoms with E-state index < -0.39 is 6.03 Å². The van der Waals surface area contributed by atoms with E-state index in [4.69, 9.17) is 5.73 Å². The number of amides is 2. The number of urea groups is 1. The third-order valence-electron chi connectivity index (χ3n) is 1.58. The van der Waals surface area contributed by atoms with E-state index in [-0.39, 0.29) is 0 Å². The smallest absolute Gasteiger partial charge is 0.318 e. The summed E-state index contributed by atoms with van der Waals surface area (Å²) in [5.41, 5.74) is 5.83. The molecule has 0 radical (unpaired) electrons. The maximum atomic E-state index is 10.6. The van der Waals surface area contributed by atoms with Crippen molar-refractivity contribution in [1.82, 2.24) is 4.98 Å². The van der Waals surface area contributed by atoms with Gasteiger partial charge in [0.2, 0.25) is 0 Å². The van der Waals surface area contributed by atoms with Gasteiger partial charge in [0, 0.05) is 4.47 Å². The number of hydrogen-bond acceptors (Lipinski definition) is 3. The summed E-state index contributed by atoms with van der Waals surface area (Å²) in [5.74, 6) is 0. The number of fused-ring (bicyclic) bond motifs is 1. The summed E-state index contributed by atoms with van der Waals surface area (Å²) in [5, 5.41) is 2.96. The van der Waals surface area contributed by atoms with Crippen molar-refractivity contribution in [3.63, 3.8) is 0 Å². The van der Waals surface area contributed by atoms with Crippen molar-refractivity contribution in [1.29, 1.82) is 0 Å². The number of aromatic nitrogens is 1. The summed E-state index contributed by atoms with van der Waals surface area (Å²) in [6.45, 7) is 0. The van der Waals surface area contributed by atoms with E-state index in [2.05, 4.69) is 26.2 Å². The molecule has 4 nitrogen and oxygen atoms in total. The lowest BCUT2D eigenvalue weighted by Crippen LogP contribution is -2.18. The van der Waals surface area contributed by atoms with Crippen molar-refractivity contribution in [3.05, 3.63) is 22.7 Å². The van der Waals surface area contributed by atoms with Gasteiger partial charge in [0.1, 0.15) is 0 Å². The van der Waals surface area contributed by atoms with Crippen LogP contribution >= 0.6 is 27.3 Å². The van der Waals surface area contributed by atoms with Gasteiger partial charge in [-0.15, -0.1) is 0 Å². The predicted molar refractivity (Wildman–Crippen MR) is 60.5 cm³/mol. The minimum absolute atomic E-state index is 0.519. The quantitative estimate of drug-likeness (QED) is 0.837. The number of anilines is 1. The van der Waals surface area contributed by atoms with Crippen LogP contribution in [0.15, 0.2) is 22.7 Å². The second-order valence-electron chi connectivity index (χ2n) is 2.62. The van der Waals surface area contributed by atoms with Crippen LogP contribution in [0.4, 0.5) is 9.93 Å². The minimum Gasteiger partial charge on any atom is -0.351 e. The van der Waals surface area contributed by atoms with Crippen molar-refractivity contribution in [2.24, 2.45) is 5.73 Å². The van der Waals surface area contributed by atoms with Crippen LogP contribution < -0.4 is 11.1 Å². The number of hydrogen-bond donors (Lipinski definition) is 2. The molecule has 0 atom stereocenters. The summed E-state index contributed by atoms with van der Waals surface area (Å²) in [4.78, 5) is 14.8. The molecule has 0 saturated carbocycles. The fraction of sp³-hybridized carbons (Fsp3) is 0. The Morgan fingerprint density at radius 3 is 3.07 bits per heavy atom. The molecule has 1 aromatic carbocycles. The maximum Gasteiger partial charge on any atom is 0.318 e. The van der Waals surface area contributed by atoms with E-state index in [1.54, 1.807) is 0 Å². The van der Waals surface area contributed by atoms with Crippen molar-refractivity contribution in [3.8, 4) is 0 Å². The van der Waals surface area contributed by atoms with Crippen molar-refractivity contribution in [2.45, 2.75) is 0 Å². The Kier molecular flexibility index (Phi) is 2.39. The van der Waals surface area contributed by atoms with Crippen LogP contribution in [0.25, 0.3) is 10.2 Å². The van der Waals surface area contributed by atoms with Gasteiger partial charge in [0.25, 0.3) is 0 Å². The van der Waals surface area contributed by atoms with Gasteiger partial charge in [-0.05, 0) is 18.2 Å². The minimum atomic E-state index is -0.594. The molecule has 0 saturated heterocycles. The van der Waals surface area contributed by atoms with Gasteiger partial charge in [0.15, 0.2) is 5.13 Å². The topological polar surface area (TPSA) is 68.0 Å². The molecule has 14 heavy (non-hydrogen) atoms. The number of halogens is 1. The molecule has 0 spiro atoms. The van der Waals surface area contributed by atoms with Crippen LogP contribution in [0.1, 0.15) is 0 Å². The summed E-state index contributed by atoms with van der Waals surface area (Å²) >= 11 is 4.75. The van der Waals surface area contributed by atoms with E-state index in [1.807, 2.05) is 18.2 Å². The van der Waals surface area contributed by atoms with Gasteiger partial charge in [-0.3, -0.25) is 5.32 Å². The van der Waals surface area contributed by atoms with Crippen molar-refractivity contribution in [2.75, 3.05) is 5.32 Å². The zero-order valence-electron chi connectivity index (χ0n) is 6.95. The van der Waals surface area contributed by atoms with Gasteiger partial charge in [-0.25, -0.2) is 9.78 Å². The lowest BCUT2D eigenvalue weighted by Gasteiger charge is -1.91. The average Bonchev–Trinajstić information content (AvgIpc) is 2.44. The highest BCUT2D eigenvalue weighted by Gasteiger charge is 2.04. The Morgan fingerprint density at radius 1 is 1.57 bits per heavy atom. The lowest BCUT2D eigenvalue weighted by atomic mass is 10.3. The molecule has 2 rings (SSSR count). The Morgan fingerprint density at radius 2 is 2.36 bits per heavy atom. The first kappa shape index (κ1) is 9.42. The largest absolute Gasteiger partial charge is 0.351 e. The molecule has 72 valence electrons. The average molecular weight is 272 g/mol. The molecular formula is C8H6BrN3OS. The van der Waals surface area contributed by atoms with Crippen molar-refractivity contribution < 1.29 is 4.79 Å². The van der Waals surface area contributed by atoms with E-state index in [9.17, 15) is 4.79 Å². The highest BCUT2D eigenvalue weighted by atomic mass is 79.9. The van der Waals surface area contributed by atoms with E-state index in [0.717, 1.165) is 14.7 Å². The molecule has 2 aromatic rings. The van der Waals surface area contributed by atoms with Crippen LogP contribution in [-0.2, 0) is 0 Å². The normalized spacial score (nSPS) is 10.4. The number of primary amides is 1. The van der Waals surface area contributed by atoms with Crippen LogP contribution in [0.2, 0.25) is 0 Å². The number of thiazole rings is 1. The standard InChI is InChI=1S/C8H6BrN3OS/c9-4-1-2-5-6(3-4)14-8(11-5)12-7(10)13/h1-3H,(H3,10,11,12,13). The zero-order chi connectivity index (χ0) is 10.1. The molecular weight excluding hydrogens is 266 g/mol. The lowest BCUT2D eigenvalue weighted by molar-refractivity contribution is 0.259. The number of nitrogens with one attached hydrogen (secondary N) is 1. The number of nitrogens with zero attached hydrogens (tertiary/aromatic N) is 1. The SMILES string of the molecule is NC(=O)Nc1nc2ccc(Br)cc2s1. The summed E-state index contributed by atoms with van der Waals surface area (Å²) in [7, 11) is 0. The Hall–Kier alpha value is -1.14. The van der Waals surface area contributed by atoms with E-state index >= 15 is 0 Å². The summed E-state index contributed by atoms with van der Waals surface area (Å²) in [6, 6.07) is 5.13. The van der Waals surface area contributed by atoms with Gasteiger partial charge in [-0.1, -0.05) is 27.3 Å². The Labute approximate surface area is 92.3 Å². The molecule has 1 heterocycles. The molecule has 6 heteroatoms. The second-order valence-corrected chi connectivity index (χ2v) is 4.57. The maximum absolute atomic E-state index is 10.6. The van der Waals surface area contributed by atoms with Crippen molar-refractivity contribution >= 4 is 48.6 Å². The Balaban J connectivity index is 2.46. The van der Waals surface area contributed by atoms with E-state index in [1.165, 1.54) is 11.3 Å². The number of carbonyl (C=O) groups is 1. The molecule has 0 unspecified atom stereocenters. The van der Waals surface area contributed by atoms with E-state index in [0.29, 0.717) is 5.13 Å². The molecule has 0 aliphatic rings. The first-order chi connectivity index (χ1) is 6.65. The number of nitrogens with two attached hydrogens (primary N) is 1. The third-order valence-corrected chi connectivity index (χ3v) is 3.01. The van der Waals surface area contributed by atoms with Gasteiger partial charge >= 0.3 is 6.03 Å². The highest BCUT2D eigenvalue weighted by Crippen LogP contribution is 2.28. The van der Waals surface area contributed by atoms with Crippen LogP contribution in [0.5, 0.6) is 0 Å². The highest BCUT2D eigenvalue weighted by molar-refractivity contribution is 9.10. The first-order valence-electron chi connectivity index (χ1n) is 3.78. The fourth-order valence-electron chi connectivity index (χ4n) is 1.06. The third kappa shape index (κ3) is 1.85.